The molecule has 1 aliphatic rings. The molecule has 84 valence electrons. The van der Waals surface area contributed by atoms with Gasteiger partial charge in [-0.2, -0.15) is 0 Å². The Kier molecular flexibility index (Phi) is 4.39. The van der Waals surface area contributed by atoms with Crippen LogP contribution in [0.4, 0.5) is 0 Å². The van der Waals surface area contributed by atoms with Gasteiger partial charge in [0.15, 0.2) is 6.29 Å². The van der Waals surface area contributed by atoms with Gasteiger partial charge in [-0.1, -0.05) is 40.0 Å². The monoisotopic (exact) mass is 200 g/mol. The Balaban J connectivity index is 2.49. The minimum Gasteiger partial charge on any atom is -0.368 e. The molecule has 0 saturated carbocycles. The highest BCUT2D eigenvalue weighted by molar-refractivity contribution is 4.86. The first kappa shape index (κ1) is 12.0. The van der Waals surface area contributed by atoms with Crippen molar-refractivity contribution < 1.29 is 9.84 Å². The molecule has 2 nitrogen and oxygen atoms in total. The zero-order valence-corrected chi connectivity index (χ0v) is 9.75. The average Bonchev–Trinajstić information content (AvgIpc) is 2.48. The van der Waals surface area contributed by atoms with Crippen molar-refractivity contribution in [1.82, 2.24) is 0 Å². The summed E-state index contributed by atoms with van der Waals surface area (Å²) in [5.41, 5.74) is 0.212. The zero-order chi connectivity index (χ0) is 10.6. The molecule has 3 atom stereocenters. The van der Waals surface area contributed by atoms with Gasteiger partial charge in [0, 0.05) is 6.42 Å². The van der Waals surface area contributed by atoms with Gasteiger partial charge < -0.3 is 9.84 Å². The third-order valence-corrected chi connectivity index (χ3v) is 3.63. The maximum absolute atomic E-state index is 9.41. The van der Waals surface area contributed by atoms with Crippen molar-refractivity contribution >= 4 is 0 Å². The van der Waals surface area contributed by atoms with Crippen LogP contribution in [0.25, 0.3) is 0 Å². The van der Waals surface area contributed by atoms with Gasteiger partial charge in [0.05, 0.1) is 6.61 Å². The molecule has 0 bridgehead atoms. The topological polar surface area (TPSA) is 29.5 Å². The van der Waals surface area contributed by atoms with Gasteiger partial charge in [0.2, 0.25) is 0 Å². The van der Waals surface area contributed by atoms with E-state index in [0.29, 0.717) is 5.92 Å². The van der Waals surface area contributed by atoms with E-state index in [-0.39, 0.29) is 5.41 Å². The third-order valence-electron chi connectivity index (χ3n) is 3.63. The molecule has 3 unspecified atom stereocenters. The van der Waals surface area contributed by atoms with Crippen LogP contribution in [0.15, 0.2) is 0 Å². The van der Waals surface area contributed by atoms with E-state index in [1.807, 2.05) is 0 Å². The molecule has 0 radical (unpaired) electrons. The fourth-order valence-corrected chi connectivity index (χ4v) is 2.58. The number of hydrogen-bond donors (Lipinski definition) is 1. The second kappa shape index (κ2) is 5.13. The van der Waals surface area contributed by atoms with E-state index >= 15 is 0 Å². The largest absolute Gasteiger partial charge is 0.368 e. The maximum Gasteiger partial charge on any atom is 0.155 e. The molecule has 0 spiro atoms. The minimum absolute atomic E-state index is 0.212. The van der Waals surface area contributed by atoms with E-state index in [1.54, 1.807) is 0 Å². The Morgan fingerprint density at radius 3 is 2.64 bits per heavy atom. The summed E-state index contributed by atoms with van der Waals surface area (Å²) in [6.07, 6.45) is 5.33. The summed E-state index contributed by atoms with van der Waals surface area (Å²) >= 11 is 0. The lowest BCUT2D eigenvalue weighted by Gasteiger charge is -2.32. The van der Waals surface area contributed by atoms with Crippen molar-refractivity contribution in [3.05, 3.63) is 0 Å². The SMILES string of the molecule is CCCCC(CC)C1(C)COC(O)C1. The second-order valence-electron chi connectivity index (χ2n) is 4.87. The number of aliphatic hydroxyl groups is 1. The molecule has 1 rings (SSSR count). The summed E-state index contributed by atoms with van der Waals surface area (Å²) in [5, 5.41) is 9.41. The quantitative estimate of drug-likeness (QED) is 0.739. The summed E-state index contributed by atoms with van der Waals surface area (Å²) in [6, 6.07) is 0. The highest BCUT2D eigenvalue weighted by atomic mass is 16.6. The molecule has 1 aliphatic heterocycles. The highest BCUT2D eigenvalue weighted by Crippen LogP contribution is 2.42. The Hall–Kier alpha value is -0.0800. The van der Waals surface area contributed by atoms with Gasteiger partial charge in [0.25, 0.3) is 0 Å². The minimum atomic E-state index is -0.518. The molecule has 0 aromatic carbocycles. The lowest BCUT2D eigenvalue weighted by molar-refractivity contribution is -0.0599. The summed E-state index contributed by atoms with van der Waals surface area (Å²) in [5.74, 6) is 0.708. The normalized spacial score (nSPS) is 34.7. The average molecular weight is 200 g/mol. The van der Waals surface area contributed by atoms with E-state index in [1.165, 1.54) is 25.7 Å². The molecule has 0 aliphatic carbocycles. The van der Waals surface area contributed by atoms with Gasteiger partial charge in [0.1, 0.15) is 0 Å². The van der Waals surface area contributed by atoms with Crippen LogP contribution >= 0.6 is 0 Å². The first-order valence-corrected chi connectivity index (χ1v) is 5.92. The van der Waals surface area contributed by atoms with Crippen LogP contribution in [0.3, 0.4) is 0 Å². The molecule has 0 aromatic heterocycles. The van der Waals surface area contributed by atoms with Crippen LogP contribution in [-0.4, -0.2) is 18.0 Å². The summed E-state index contributed by atoms with van der Waals surface area (Å²) < 4.78 is 5.29. The molecule has 1 fully saturated rings. The van der Waals surface area contributed by atoms with Crippen LogP contribution in [0.1, 0.15) is 52.9 Å². The molecule has 2 heteroatoms. The highest BCUT2D eigenvalue weighted by Gasteiger charge is 2.40. The van der Waals surface area contributed by atoms with Gasteiger partial charge in [-0.3, -0.25) is 0 Å². The molecule has 0 aromatic rings. The first-order valence-electron chi connectivity index (χ1n) is 5.92. The molecule has 1 saturated heterocycles. The predicted molar refractivity (Wildman–Crippen MR) is 58.0 cm³/mol. The van der Waals surface area contributed by atoms with E-state index in [0.717, 1.165) is 13.0 Å². The van der Waals surface area contributed by atoms with Gasteiger partial charge in [-0.25, -0.2) is 0 Å². The van der Waals surface area contributed by atoms with Crippen LogP contribution < -0.4 is 0 Å². The number of unbranched alkanes of at least 4 members (excludes halogenated alkanes) is 1. The van der Waals surface area contributed by atoms with E-state index in [4.69, 9.17) is 4.74 Å². The van der Waals surface area contributed by atoms with Crippen molar-refractivity contribution in [1.29, 1.82) is 0 Å². The van der Waals surface area contributed by atoms with Gasteiger partial charge >= 0.3 is 0 Å². The fourth-order valence-electron chi connectivity index (χ4n) is 2.58. The maximum atomic E-state index is 9.41. The molecule has 1 heterocycles. The lowest BCUT2D eigenvalue weighted by Crippen LogP contribution is -2.27. The number of ether oxygens (including phenoxy) is 1. The molecule has 0 amide bonds. The molecular weight excluding hydrogens is 176 g/mol. The fraction of sp³-hybridized carbons (Fsp3) is 1.00. The predicted octanol–water partition coefficient (Wildman–Crippen LogP) is 2.95. The third kappa shape index (κ3) is 2.71. The second-order valence-corrected chi connectivity index (χ2v) is 4.87. The Bertz CT molecular complexity index is 170. The summed E-state index contributed by atoms with van der Waals surface area (Å²) in [4.78, 5) is 0. The van der Waals surface area contributed by atoms with Gasteiger partial charge in [-0.05, 0) is 17.8 Å². The summed E-state index contributed by atoms with van der Waals surface area (Å²) in [6.45, 7) is 7.47. The van der Waals surface area contributed by atoms with Crippen molar-refractivity contribution in [3.63, 3.8) is 0 Å². The smallest absolute Gasteiger partial charge is 0.155 e. The Morgan fingerprint density at radius 1 is 1.50 bits per heavy atom. The summed E-state index contributed by atoms with van der Waals surface area (Å²) in [7, 11) is 0. The van der Waals surface area contributed by atoms with E-state index in [2.05, 4.69) is 20.8 Å². The van der Waals surface area contributed by atoms with Gasteiger partial charge in [-0.15, -0.1) is 0 Å². The molecule has 1 N–H and O–H groups in total. The van der Waals surface area contributed by atoms with Crippen LogP contribution in [0.5, 0.6) is 0 Å². The van der Waals surface area contributed by atoms with Crippen LogP contribution in [0.2, 0.25) is 0 Å². The Labute approximate surface area is 87.7 Å². The van der Waals surface area contributed by atoms with Crippen molar-refractivity contribution in [2.24, 2.45) is 11.3 Å². The number of aliphatic hydroxyl groups excluding tert-OH is 1. The van der Waals surface area contributed by atoms with E-state index < -0.39 is 6.29 Å². The standard InChI is InChI=1S/C12H24O2/c1-4-6-7-10(5-2)12(3)8-11(13)14-9-12/h10-11,13H,4-9H2,1-3H3. The van der Waals surface area contributed by atoms with Crippen LogP contribution in [0, 0.1) is 11.3 Å². The molecular formula is C12H24O2. The number of hydrogen-bond acceptors (Lipinski definition) is 2. The molecule has 14 heavy (non-hydrogen) atoms. The van der Waals surface area contributed by atoms with Crippen molar-refractivity contribution in [2.45, 2.75) is 59.2 Å². The lowest BCUT2D eigenvalue weighted by atomic mass is 9.72. The first-order chi connectivity index (χ1) is 6.62. The van der Waals surface area contributed by atoms with Crippen molar-refractivity contribution in [3.8, 4) is 0 Å². The van der Waals surface area contributed by atoms with E-state index in [9.17, 15) is 5.11 Å². The zero-order valence-electron chi connectivity index (χ0n) is 9.75. The Morgan fingerprint density at radius 2 is 2.21 bits per heavy atom. The van der Waals surface area contributed by atoms with Crippen LogP contribution in [-0.2, 0) is 4.74 Å². The number of rotatable bonds is 5. The van der Waals surface area contributed by atoms with Crippen molar-refractivity contribution in [2.75, 3.05) is 6.61 Å².